The van der Waals surface area contributed by atoms with E-state index in [-0.39, 0.29) is 18.6 Å². The van der Waals surface area contributed by atoms with Crippen LogP contribution in [0.4, 0.5) is 5.69 Å². The van der Waals surface area contributed by atoms with Gasteiger partial charge in [-0.25, -0.2) is 0 Å². The Hall–Kier alpha value is -1.75. The zero-order chi connectivity index (χ0) is 18.7. The molecule has 0 radical (unpaired) electrons. The van der Waals surface area contributed by atoms with Crippen molar-refractivity contribution in [3.63, 3.8) is 0 Å². The first-order chi connectivity index (χ1) is 12.5. The second-order valence-corrected chi connectivity index (χ2v) is 7.33. The molecule has 1 saturated heterocycles. The van der Waals surface area contributed by atoms with Crippen molar-refractivity contribution in [2.75, 3.05) is 38.3 Å². The summed E-state index contributed by atoms with van der Waals surface area (Å²) in [6.45, 7) is 4.03. The number of nitrogens with zero attached hydrogens (tertiary/aromatic N) is 2. The van der Waals surface area contributed by atoms with Crippen molar-refractivity contribution in [2.24, 2.45) is 0 Å². The summed E-state index contributed by atoms with van der Waals surface area (Å²) in [5.74, 6) is 0.00103. The van der Waals surface area contributed by atoms with Crippen LogP contribution < -0.4 is 4.90 Å². The van der Waals surface area contributed by atoms with Crippen LogP contribution in [0.3, 0.4) is 0 Å². The van der Waals surface area contributed by atoms with Crippen molar-refractivity contribution in [3.05, 3.63) is 63.6 Å². The first-order valence-corrected chi connectivity index (χ1v) is 9.30. The lowest BCUT2D eigenvalue weighted by Crippen LogP contribution is -2.51. The fourth-order valence-corrected chi connectivity index (χ4v) is 3.80. The first kappa shape index (κ1) is 19.0. The highest BCUT2D eigenvalue weighted by atomic mass is 35.5. The maximum atomic E-state index is 12.3. The summed E-state index contributed by atoms with van der Waals surface area (Å²) in [5, 5.41) is 1.41. The van der Waals surface area contributed by atoms with Gasteiger partial charge in [-0.3, -0.25) is 4.79 Å². The first-order valence-electron chi connectivity index (χ1n) is 8.54. The molecule has 0 aliphatic carbocycles. The molecule has 1 aliphatic rings. The van der Waals surface area contributed by atoms with E-state index in [1.807, 2.05) is 48.2 Å². The van der Waals surface area contributed by atoms with Gasteiger partial charge in [0.2, 0.25) is 5.91 Å². The van der Waals surface area contributed by atoms with E-state index in [1.54, 1.807) is 0 Å². The number of rotatable bonds is 4. The minimum absolute atomic E-state index is 0.00103. The average molecular weight is 393 g/mol. The fourth-order valence-electron chi connectivity index (χ4n) is 3.33. The number of aryl methyl sites for hydroxylation is 1. The van der Waals surface area contributed by atoms with Gasteiger partial charge in [-0.1, -0.05) is 41.4 Å². The Morgan fingerprint density at radius 1 is 1.15 bits per heavy atom. The van der Waals surface area contributed by atoms with Crippen LogP contribution in [-0.4, -0.2) is 44.2 Å². The number of carbonyl (C=O) groups is 1. The van der Waals surface area contributed by atoms with Crippen molar-refractivity contribution < 1.29 is 9.53 Å². The van der Waals surface area contributed by atoms with E-state index in [2.05, 4.69) is 11.0 Å². The largest absolute Gasteiger partial charge is 0.375 e. The molecular weight excluding hydrogens is 371 g/mol. The molecule has 2 aromatic carbocycles. The van der Waals surface area contributed by atoms with Crippen molar-refractivity contribution >= 4 is 34.8 Å². The number of hydrogen-bond donors (Lipinski definition) is 0. The van der Waals surface area contributed by atoms with Crippen LogP contribution in [0.15, 0.2) is 42.5 Å². The fraction of sp³-hybridized carbons (Fsp3) is 0.350. The van der Waals surface area contributed by atoms with Gasteiger partial charge in [-0.2, -0.15) is 0 Å². The number of halogens is 2. The number of methoxy groups -OCH3 is 1. The van der Waals surface area contributed by atoms with Crippen LogP contribution in [0.2, 0.25) is 10.0 Å². The molecule has 0 bridgehead atoms. The Morgan fingerprint density at radius 2 is 1.88 bits per heavy atom. The van der Waals surface area contributed by atoms with E-state index in [0.717, 1.165) is 21.8 Å². The quantitative estimate of drug-likeness (QED) is 0.775. The lowest BCUT2D eigenvalue weighted by molar-refractivity contribution is -0.136. The van der Waals surface area contributed by atoms with Gasteiger partial charge in [0.25, 0.3) is 0 Å². The van der Waals surface area contributed by atoms with Crippen LogP contribution in [0, 0.1) is 6.92 Å². The summed E-state index contributed by atoms with van der Waals surface area (Å²) in [4.78, 5) is 16.4. The van der Waals surface area contributed by atoms with Gasteiger partial charge in [0, 0.05) is 31.8 Å². The standard InChI is InChI=1S/C20H22Cl2N2O2/c1-14-3-8-18(17(22)11-14)24-10-9-23(20(25)13-26-2)12-19(24)15-4-6-16(21)7-5-15/h3-8,11,19H,9-10,12-13H2,1-2H3/t19-/m0/s1. The van der Waals surface area contributed by atoms with Crippen LogP contribution in [-0.2, 0) is 9.53 Å². The van der Waals surface area contributed by atoms with E-state index in [4.69, 9.17) is 27.9 Å². The molecule has 0 N–H and O–H groups in total. The van der Waals surface area contributed by atoms with Gasteiger partial charge in [0.1, 0.15) is 6.61 Å². The van der Waals surface area contributed by atoms with Crippen molar-refractivity contribution in [2.45, 2.75) is 13.0 Å². The highest BCUT2D eigenvalue weighted by Crippen LogP contribution is 2.36. The molecule has 1 fully saturated rings. The van der Waals surface area contributed by atoms with E-state index in [0.29, 0.717) is 24.7 Å². The Labute approximate surface area is 164 Å². The molecule has 0 spiro atoms. The third kappa shape index (κ3) is 4.14. The van der Waals surface area contributed by atoms with Gasteiger partial charge in [0.05, 0.1) is 16.8 Å². The number of carbonyl (C=O) groups excluding carboxylic acids is 1. The minimum Gasteiger partial charge on any atom is -0.375 e. The van der Waals surface area contributed by atoms with Gasteiger partial charge in [-0.15, -0.1) is 0 Å². The van der Waals surface area contributed by atoms with Gasteiger partial charge < -0.3 is 14.5 Å². The zero-order valence-corrected chi connectivity index (χ0v) is 16.4. The topological polar surface area (TPSA) is 32.8 Å². The maximum Gasteiger partial charge on any atom is 0.248 e. The molecule has 1 heterocycles. The van der Waals surface area contributed by atoms with Crippen LogP contribution in [0.25, 0.3) is 0 Å². The Balaban J connectivity index is 1.94. The lowest BCUT2D eigenvalue weighted by atomic mass is 10.0. The van der Waals surface area contributed by atoms with Crippen molar-refractivity contribution in [1.82, 2.24) is 4.90 Å². The molecule has 138 valence electrons. The van der Waals surface area contributed by atoms with Crippen LogP contribution in [0.5, 0.6) is 0 Å². The summed E-state index contributed by atoms with van der Waals surface area (Å²) in [6.07, 6.45) is 0. The summed E-state index contributed by atoms with van der Waals surface area (Å²) in [5.41, 5.74) is 3.20. The Morgan fingerprint density at radius 3 is 2.54 bits per heavy atom. The van der Waals surface area contributed by atoms with E-state index >= 15 is 0 Å². The number of piperazine rings is 1. The minimum atomic E-state index is 0.00103. The SMILES string of the molecule is COCC(=O)N1CCN(c2ccc(C)cc2Cl)[C@H](c2ccc(Cl)cc2)C1. The molecule has 26 heavy (non-hydrogen) atoms. The zero-order valence-electron chi connectivity index (χ0n) is 14.9. The second kappa shape index (κ2) is 8.30. The summed E-state index contributed by atoms with van der Waals surface area (Å²) in [7, 11) is 1.54. The number of hydrogen-bond acceptors (Lipinski definition) is 3. The normalized spacial score (nSPS) is 17.5. The molecule has 6 heteroatoms. The number of ether oxygens (including phenoxy) is 1. The smallest absolute Gasteiger partial charge is 0.248 e. The third-order valence-electron chi connectivity index (χ3n) is 4.67. The molecule has 1 amide bonds. The van der Waals surface area contributed by atoms with Gasteiger partial charge in [0.15, 0.2) is 0 Å². The third-order valence-corrected chi connectivity index (χ3v) is 5.22. The average Bonchev–Trinajstić information content (AvgIpc) is 2.62. The van der Waals surface area contributed by atoms with Gasteiger partial charge >= 0.3 is 0 Å². The highest BCUT2D eigenvalue weighted by Gasteiger charge is 2.31. The molecule has 1 aliphatic heterocycles. The monoisotopic (exact) mass is 392 g/mol. The van der Waals surface area contributed by atoms with E-state index < -0.39 is 0 Å². The van der Waals surface area contributed by atoms with Crippen molar-refractivity contribution in [1.29, 1.82) is 0 Å². The maximum absolute atomic E-state index is 12.3. The molecule has 0 aromatic heterocycles. The molecule has 4 nitrogen and oxygen atoms in total. The van der Waals surface area contributed by atoms with E-state index in [1.165, 1.54) is 7.11 Å². The molecule has 0 saturated carbocycles. The highest BCUT2D eigenvalue weighted by molar-refractivity contribution is 6.33. The lowest BCUT2D eigenvalue weighted by Gasteiger charge is -2.43. The molecule has 3 rings (SSSR count). The summed E-state index contributed by atoms with van der Waals surface area (Å²) >= 11 is 12.6. The summed E-state index contributed by atoms with van der Waals surface area (Å²) < 4.78 is 5.01. The molecule has 2 aromatic rings. The summed E-state index contributed by atoms with van der Waals surface area (Å²) in [6, 6.07) is 13.8. The van der Waals surface area contributed by atoms with Crippen molar-refractivity contribution in [3.8, 4) is 0 Å². The molecule has 0 unspecified atom stereocenters. The number of amides is 1. The van der Waals surface area contributed by atoms with Gasteiger partial charge in [-0.05, 0) is 42.3 Å². The Kier molecular flexibility index (Phi) is 6.07. The molecular formula is C20H22Cl2N2O2. The van der Waals surface area contributed by atoms with Crippen LogP contribution >= 0.6 is 23.2 Å². The molecule has 1 atom stereocenters. The Bertz CT molecular complexity index is 780. The predicted molar refractivity (Wildman–Crippen MR) is 106 cm³/mol. The number of benzene rings is 2. The van der Waals surface area contributed by atoms with Crippen LogP contribution in [0.1, 0.15) is 17.2 Å². The number of anilines is 1. The van der Waals surface area contributed by atoms with E-state index in [9.17, 15) is 4.79 Å². The second-order valence-electron chi connectivity index (χ2n) is 6.49. The predicted octanol–water partition coefficient (Wildman–Crippen LogP) is 4.34.